The molecule has 1 fully saturated rings. The molecule has 5 nitrogen and oxygen atoms in total. The second-order valence-corrected chi connectivity index (χ2v) is 5.92. The fourth-order valence-electron chi connectivity index (χ4n) is 2.71. The van der Waals surface area contributed by atoms with Crippen LogP contribution in [0.4, 0.5) is 0 Å². The van der Waals surface area contributed by atoms with Gasteiger partial charge in [-0.3, -0.25) is 4.99 Å². The molecule has 2 aliphatic heterocycles. The Labute approximate surface area is 155 Å². The molecule has 2 heterocycles. The van der Waals surface area contributed by atoms with Crippen LogP contribution in [-0.4, -0.2) is 50.3 Å². The second kappa shape index (κ2) is 9.44. The summed E-state index contributed by atoms with van der Waals surface area (Å²) in [7, 11) is 2.07. The van der Waals surface area contributed by atoms with Crippen LogP contribution in [-0.2, 0) is 22.6 Å². The third-order valence-electron chi connectivity index (χ3n) is 4.19. The molecular weight excluding hydrogens is 405 g/mol. The zero-order valence-electron chi connectivity index (χ0n) is 13.7. The van der Waals surface area contributed by atoms with Crippen LogP contribution in [0.3, 0.4) is 0 Å². The van der Waals surface area contributed by atoms with Gasteiger partial charge in [0.1, 0.15) is 0 Å². The van der Waals surface area contributed by atoms with Crippen molar-refractivity contribution in [3.05, 3.63) is 35.4 Å². The summed E-state index contributed by atoms with van der Waals surface area (Å²) < 4.78 is 11.3. The number of aliphatic imine (C=N–C) groups is 1. The average Bonchev–Trinajstić information content (AvgIpc) is 2.98. The highest BCUT2D eigenvalue weighted by Crippen LogP contribution is 2.14. The number of halogens is 1. The normalized spacial score (nSPS) is 18.5. The van der Waals surface area contributed by atoms with Crippen molar-refractivity contribution < 1.29 is 9.47 Å². The lowest BCUT2D eigenvalue weighted by atomic mass is 10.1. The molecular formula is C17H26IN3O2. The Morgan fingerprint density at radius 1 is 1.22 bits per heavy atom. The molecule has 0 amide bonds. The van der Waals surface area contributed by atoms with Crippen LogP contribution in [0.15, 0.2) is 29.3 Å². The van der Waals surface area contributed by atoms with E-state index in [1.807, 2.05) is 0 Å². The van der Waals surface area contributed by atoms with Gasteiger partial charge in [-0.2, -0.15) is 0 Å². The molecule has 6 heteroatoms. The Hall–Kier alpha value is -0.860. The van der Waals surface area contributed by atoms with Crippen LogP contribution in [0.1, 0.15) is 24.0 Å². The van der Waals surface area contributed by atoms with Gasteiger partial charge < -0.3 is 19.7 Å². The minimum atomic E-state index is 0. The quantitative estimate of drug-likeness (QED) is 0.728. The van der Waals surface area contributed by atoms with Crippen molar-refractivity contribution in [2.75, 3.05) is 33.4 Å². The minimum Gasteiger partial charge on any atom is -0.381 e. The lowest BCUT2D eigenvalue weighted by Crippen LogP contribution is -2.35. The van der Waals surface area contributed by atoms with Crippen LogP contribution in [0.2, 0.25) is 0 Å². The van der Waals surface area contributed by atoms with Gasteiger partial charge in [-0.05, 0) is 24.0 Å². The molecule has 3 rings (SSSR count). The van der Waals surface area contributed by atoms with Gasteiger partial charge in [-0.15, -0.1) is 24.0 Å². The van der Waals surface area contributed by atoms with E-state index >= 15 is 0 Å². The highest BCUT2D eigenvalue weighted by Gasteiger charge is 2.14. The van der Waals surface area contributed by atoms with Crippen molar-refractivity contribution in [1.29, 1.82) is 0 Å². The standard InChI is InChI=1S/C17H25N3O2.HI/c1-20-9-8-18-17(20)19-12-14-2-4-15(5-3-14)13-22-16-6-10-21-11-7-16;/h2-5,16H,6-13H2,1H3,(H,18,19);1H. The summed E-state index contributed by atoms with van der Waals surface area (Å²) in [6.45, 7) is 5.05. The number of nitrogens with one attached hydrogen (secondary N) is 1. The molecule has 0 aromatic heterocycles. The van der Waals surface area contributed by atoms with E-state index in [0.29, 0.717) is 12.7 Å². The molecule has 2 aliphatic rings. The molecule has 23 heavy (non-hydrogen) atoms. The van der Waals surface area contributed by atoms with Crippen molar-refractivity contribution in [3.8, 4) is 0 Å². The smallest absolute Gasteiger partial charge is 0.194 e. The maximum atomic E-state index is 5.94. The largest absolute Gasteiger partial charge is 0.381 e. The number of ether oxygens (including phenoxy) is 2. The van der Waals surface area contributed by atoms with Crippen LogP contribution in [0, 0.1) is 0 Å². The van der Waals surface area contributed by atoms with Gasteiger partial charge in [0.2, 0.25) is 0 Å². The first-order valence-electron chi connectivity index (χ1n) is 8.08. The van der Waals surface area contributed by atoms with Gasteiger partial charge in [-0.25, -0.2) is 0 Å². The molecule has 1 N–H and O–H groups in total. The van der Waals surface area contributed by atoms with E-state index in [1.165, 1.54) is 11.1 Å². The summed E-state index contributed by atoms with van der Waals surface area (Å²) in [6.07, 6.45) is 2.38. The van der Waals surface area contributed by atoms with Crippen LogP contribution >= 0.6 is 24.0 Å². The topological polar surface area (TPSA) is 46.1 Å². The first kappa shape index (κ1) is 18.5. The Balaban J connectivity index is 0.00000192. The molecule has 0 bridgehead atoms. The van der Waals surface area contributed by atoms with Crippen LogP contribution in [0.5, 0.6) is 0 Å². The zero-order valence-corrected chi connectivity index (χ0v) is 16.0. The summed E-state index contributed by atoms with van der Waals surface area (Å²) in [5.41, 5.74) is 2.49. The van der Waals surface area contributed by atoms with E-state index in [2.05, 4.69) is 46.5 Å². The van der Waals surface area contributed by atoms with Gasteiger partial charge in [0.05, 0.1) is 19.3 Å². The van der Waals surface area contributed by atoms with Gasteiger partial charge >= 0.3 is 0 Å². The molecule has 1 aromatic carbocycles. The van der Waals surface area contributed by atoms with Gasteiger partial charge in [-0.1, -0.05) is 24.3 Å². The minimum absolute atomic E-state index is 0. The van der Waals surface area contributed by atoms with Crippen molar-refractivity contribution in [1.82, 2.24) is 10.2 Å². The van der Waals surface area contributed by atoms with E-state index in [4.69, 9.17) is 9.47 Å². The third-order valence-corrected chi connectivity index (χ3v) is 4.19. The van der Waals surface area contributed by atoms with Gasteiger partial charge in [0.25, 0.3) is 0 Å². The van der Waals surface area contributed by atoms with E-state index < -0.39 is 0 Å². The number of rotatable bonds is 5. The number of benzene rings is 1. The zero-order chi connectivity index (χ0) is 15.2. The van der Waals surface area contributed by atoms with E-state index in [9.17, 15) is 0 Å². The monoisotopic (exact) mass is 431 g/mol. The molecule has 0 radical (unpaired) electrons. The van der Waals surface area contributed by atoms with Crippen molar-refractivity contribution in [2.24, 2.45) is 4.99 Å². The van der Waals surface area contributed by atoms with E-state index in [1.54, 1.807) is 0 Å². The highest BCUT2D eigenvalue weighted by atomic mass is 127. The molecule has 0 unspecified atom stereocenters. The summed E-state index contributed by atoms with van der Waals surface area (Å²) in [4.78, 5) is 6.58. The number of hydrogen-bond acceptors (Lipinski definition) is 5. The average molecular weight is 431 g/mol. The molecule has 0 spiro atoms. The maximum Gasteiger partial charge on any atom is 0.194 e. The fourth-order valence-corrected chi connectivity index (χ4v) is 2.71. The Morgan fingerprint density at radius 3 is 2.57 bits per heavy atom. The Morgan fingerprint density at radius 2 is 1.91 bits per heavy atom. The predicted molar refractivity (Wildman–Crippen MR) is 102 cm³/mol. The summed E-state index contributed by atoms with van der Waals surface area (Å²) >= 11 is 0. The highest BCUT2D eigenvalue weighted by molar-refractivity contribution is 14.0. The molecule has 0 aliphatic carbocycles. The molecule has 1 aromatic rings. The summed E-state index contributed by atoms with van der Waals surface area (Å²) in [5, 5.41) is 3.38. The van der Waals surface area contributed by atoms with E-state index in [0.717, 1.165) is 51.6 Å². The lowest BCUT2D eigenvalue weighted by molar-refractivity contribution is -0.0390. The van der Waals surface area contributed by atoms with Gasteiger partial charge in [0.15, 0.2) is 5.96 Å². The number of likely N-dealkylation sites (N-methyl/N-ethyl adjacent to an activating group) is 1. The number of hydrogen-bond donors (Lipinski definition) is 1. The first-order chi connectivity index (χ1) is 10.8. The summed E-state index contributed by atoms with van der Waals surface area (Å²) in [6, 6.07) is 8.61. The maximum absolute atomic E-state index is 5.94. The lowest BCUT2D eigenvalue weighted by Gasteiger charge is -2.22. The second-order valence-electron chi connectivity index (χ2n) is 5.92. The Kier molecular flexibility index (Phi) is 7.58. The third kappa shape index (κ3) is 5.61. The molecule has 1 saturated heterocycles. The molecule has 128 valence electrons. The first-order valence-corrected chi connectivity index (χ1v) is 8.08. The van der Waals surface area contributed by atoms with Crippen molar-refractivity contribution >= 4 is 29.9 Å². The SMILES string of the molecule is CN1CCN=C1NCc1ccc(COC2CCOCC2)cc1.I. The number of nitrogens with zero attached hydrogens (tertiary/aromatic N) is 2. The summed E-state index contributed by atoms with van der Waals surface area (Å²) in [5.74, 6) is 0.993. The fraction of sp³-hybridized carbons (Fsp3) is 0.588. The predicted octanol–water partition coefficient (Wildman–Crippen LogP) is 2.39. The Bertz CT molecular complexity index is 501. The van der Waals surface area contributed by atoms with Crippen LogP contribution < -0.4 is 5.32 Å². The van der Waals surface area contributed by atoms with E-state index in [-0.39, 0.29) is 24.0 Å². The van der Waals surface area contributed by atoms with Crippen molar-refractivity contribution in [2.45, 2.75) is 32.1 Å². The molecule has 0 atom stereocenters. The number of guanidine groups is 1. The van der Waals surface area contributed by atoms with Gasteiger partial charge in [0, 0.05) is 33.4 Å². The van der Waals surface area contributed by atoms with Crippen molar-refractivity contribution in [3.63, 3.8) is 0 Å². The van der Waals surface area contributed by atoms with Crippen LogP contribution in [0.25, 0.3) is 0 Å². The molecule has 0 saturated carbocycles.